The highest BCUT2D eigenvalue weighted by Crippen LogP contribution is 2.11. The Kier molecular flexibility index (Phi) is 3.86. The molecule has 0 atom stereocenters. The van der Waals surface area contributed by atoms with Gasteiger partial charge in [-0.3, -0.25) is 0 Å². The topological polar surface area (TPSA) is 66.5 Å². The number of likely N-dealkylation sites (tertiary alicyclic amines) is 1. The van der Waals surface area contributed by atoms with Crippen LogP contribution >= 0.6 is 0 Å². The molecule has 18 heavy (non-hydrogen) atoms. The zero-order valence-electron chi connectivity index (χ0n) is 10.0. The van der Waals surface area contributed by atoms with Gasteiger partial charge in [-0.2, -0.15) is 0 Å². The number of piperidine rings is 1. The molecule has 5 nitrogen and oxygen atoms in total. The van der Waals surface area contributed by atoms with Crippen molar-refractivity contribution in [3.63, 3.8) is 0 Å². The molecule has 98 valence electrons. The van der Waals surface area contributed by atoms with Crippen molar-refractivity contribution in [1.29, 1.82) is 0 Å². The molecule has 6 heteroatoms. The molecule has 1 aliphatic rings. The predicted octanol–water partition coefficient (Wildman–Crippen LogP) is 1.57. The van der Waals surface area contributed by atoms with Crippen LogP contribution in [0.4, 0.5) is 4.79 Å². The molecule has 1 fully saturated rings. The van der Waals surface area contributed by atoms with Gasteiger partial charge in [0.05, 0.1) is 4.90 Å². The summed E-state index contributed by atoms with van der Waals surface area (Å²) in [6.45, 7) is 1.24. The number of carbonyl (C=O) groups is 1. The van der Waals surface area contributed by atoms with Crippen LogP contribution in [0.5, 0.6) is 0 Å². The molecule has 0 radical (unpaired) electrons. The Hall–Kier alpha value is -1.56. The molecular formula is C12H16N2O3S. The number of sulfonamides is 1. The molecule has 0 bridgehead atoms. The normalized spacial score (nSPS) is 16.3. The SMILES string of the molecule is O=C(NS(=O)(=O)c1ccccc1)N1CCCCC1. The summed E-state index contributed by atoms with van der Waals surface area (Å²) in [5.74, 6) is 0. The van der Waals surface area contributed by atoms with Crippen molar-refractivity contribution < 1.29 is 13.2 Å². The first kappa shape index (κ1) is 12.9. The van der Waals surface area contributed by atoms with Crippen molar-refractivity contribution in [3.8, 4) is 0 Å². The Morgan fingerprint density at radius 2 is 1.67 bits per heavy atom. The summed E-state index contributed by atoms with van der Waals surface area (Å²) in [7, 11) is -3.75. The second-order valence-electron chi connectivity index (χ2n) is 4.27. The minimum Gasteiger partial charge on any atom is -0.324 e. The predicted molar refractivity (Wildman–Crippen MR) is 67.6 cm³/mol. The van der Waals surface area contributed by atoms with Crippen LogP contribution in [-0.4, -0.2) is 32.4 Å². The van der Waals surface area contributed by atoms with Crippen LogP contribution in [0, 0.1) is 0 Å². The Morgan fingerprint density at radius 3 is 2.28 bits per heavy atom. The summed E-state index contributed by atoms with van der Waals surface area (Å²) in [4.78, 5) is 13.5. The van der Waals surface area contributed by atoms with Crippen molar-refractivity contribution in [2.75, 3.05) is 13.1 Å². The van der Waals surface area contributed by atoms with E-state index in [9.17, 15) is 13.2 Å². The molecular weight excluding hydrogens is 252 g/mol. The first-order valence-electron chi connectivity index (χ1n) is 5.96. The van der Waals surface area contributed by atoms with Crippen molar-refractivity contribution in [2.24, 2.45) is 0 Å². The fourth-order valence-corrected chi connectivity index (χ4v) is 2.93. The second-order valence-corrected chi connectivity index (χ2v) is 5.95. The number of amides is 2. The molecule has 0 aliphatic carbocycles. The number of carbonyl (C=O) groups excluding carboxylic acids is 1. The van der Waals surface area contributed by atoms with Gasteiger partial charge in [0.1, 0.15) is 0 Å². The van der Waals surface area contributed by atoms with E-state index >= 15 is 0 Å². The van der Waals surface area contributed by atoms with Crippen LogP contribution in [0.15, 0.2) is 35.2 Å². The highest BCUT2D eigenvalue weighted by Gasteiger charge is 2.22. The molecule has 1 saturated heterocycles. The minimum atomic E-state index is -3.75. The van der Waals surface area contributed by atoms with Gasteiger partial charge in [0.25, 0.3) is 10.0 Å². The highest BCUT2D eigenvalue weighted by molar-refractivity contribution is 7.90. The summed E-state index contributed by atoms with van der Waals surface area (Å²) in [5.41, 5.74) is 0. The molecule has 0 spiro atoms. The van der Waals surface area contributed by atoms with Crippen LogP contribution < -0.4 is 4.72 Å². The maximum absolute atomic E-state index is 11.9. The summed E-state index contributed by atoms with van der Waals surface area (Å²) in [6, 6.07) is 7.38. The van der Waals surface area contributed by atoms with Crippen LogP contribution in [0.2, 0.25) is 0 Å². The Balaban J connectivity index is 2.06. The monoisotopic (exact) mass is 268 g/mol. The number of benzene rings is 1. The van der Waals surface area contributed by atoms with Gasteiger partial charge in [-0.05, 0) is 31.4 Å². The molecule has 2 rings (SSSR count). The third kappa shape index (κ3) is 3.01. The third-order valence-corrected chi connectivity index (χ3v) is 4.25. The van der Waals surface area contributed by atoms with E-state index in [4.69, 9.17) is 0 Å². The lowest BCUT2D eigenvalue weighted by Gasteiger charge is -2.26. The number of hydrogen-bond acceptors (Lipinski definition) is 3. The molecule has 1 aromatic carbocycles. The van der Waals surface area contributed by atoms with E-state index < -0.39 is 16.1 Å². The van der Waals surface area contributed by atoms with Crippen LogP contribution in [0.1, 0.15) is 19.3 Å². The van der Waals surface area contributed by atoms with Crippen molar-refractivity contribution in [1.82, 2.24) is 9.62 Å². The van der Waals surface area contributed by atoms with Crippen molar-refractivity contribution in [3.05, 3.63) is 30.3 Å². The third-order valence-electron chi connectivity index (χ3n) is 2.92. The number of nitrogens with zero attached hydrogens (tertiary/aromatic N) is 1. The number of rotatable bonds is 2. The summed E-state index contributed by atoms with van der Waals surface area (Å²) < 4.78 is 26.0. The number of hydrogen-bond donors (Lipinski definition) is 1. The van der Waals surface area contributed by atoms with Gasteiger partial charge in [-0.25, -0.2) is 17.9 Å². The quantitative estimate of drug-likeness (QED) is 0.885. The zero-order chi connectivity index (χ0) is 13.0. The number of urea groups is 1. The van der Waals surface area contributed by atoms with Gasteiger partial charge in [0.15, 0.2) is 0 Å². The summed E-state index contributed by atoms with van der Waals surface area (Å²) in [5, 5.41) is 0. The lowest BCUT2D eigenvalue weighted by molar-refractivity contribution is 0.192. The van der Waals surface area contributed by atoms with E-state index in [1.807, 2.05) is 0 Å². The van der Waals surface area contributed by atoms with E-state index in [1.54, 1.807) is 23.1 Å². The van der Waals surface area contributed by atoms with Crippen LogP contribution in [0.25, 0.3) is 0 Å². The lowest BCUT2D eigenvalue weighted by Crippen LogP contribution is -2.45. The van der Waals surface area contributed by atoms with Gasteiger partial charge in [-0.1, -0.05) is 18.2 Å². The van der Waals surface area contributed by atoms with Crippen molar-refractivity contribution >= 4 is 16.1 Å². The molecule has 0 unspecified atom stereocenters. The molecule has 1 heterocycles. The van der Waals surface area contributed by atoms with E-state index in [0.29, 0.717) is 13.1 Å². The van der Waals surface area contributed by atoms with E-state index in [-0.39, 0.29) is 4.90 Å². The smallest absolute Gasteiger partial charge is 0.324 e. The van der Waals surface area contributed by atoms with Crippen LogP contribution in [-0.2, 0) is 10.0 Å². The Bertz CT molecular complexity index is 507. The second kappa shape index (κ2) is 5.39. The molecule has 1 N–H and O–H groups in total. The molecule has 1 aromatic rings. The largest absolute Gasteiger partial charge is 0.331 e. The van der Waals surface area contributed by atoms with Crippen LogP contribution in [0.3, 0.4) is 0 Å². The first-order valence-corrected chi connectivity index (χ1v) is 7.45. The Morgan fingerprint density at radius 1 is 1.06 bits per heavy atom. The summed E-state index contributed by atoms with van der Waals surface area (Å²) >= 11 is 0. The summed E-state index contributed by atoms with van der Waals surface area (Å²) in [6.07, 6.45) is 2.95. The molecule has 0 saturated carbocycles. The Labute approximate surface area is 107 Å². The van der Waals surface area contributed by atoms with E-state index in [0.717, 1.165) is 19.3 Å². The highest BCUT2D eigenvalue weighted by atomic mass is 32.2. The van der Waals surface area contributed by atoms with Gasteiger partial charge < -0.3 is 4.90 Å². The van der Waals surface area contributed by atoms with Gasteiger partial charge >= 0.3 is 6.03 Å². The van der Waals surface area contributed by atoms with E-state index in [2.05, 4.69) is 4.72 Å². The standard InChI is InChI=1S/C12H16N2O3S/c15-12(14-9-5-2-6-10-14)13-18(16,17)11-7-3-1-4-8-11/h1,3-4,7-8H,2,5-6,9-10H2,(H,13,15). The lowest BCUT2D eigenvalue weighted by atomic mass is 10.1. The average molecular weight is 268 g/mol. The minimum absolute atomic E-state index is 0.107. The number of nitrogens with one attached hydrogen (secondary N) is 1. The van der Waals surface area contributed by atoms with Crippen molar-refractivity contribution in [2.45, 2.75) is 24.2 Å². The average Bonchev–Trinajstić information content (AvgIpc) is 2.40. The maximum Gasteiger partial charge on any atom is 0.331 e. The maximum atomic E-state index is 11.9. The zero-order valence-corrected chi connectivity index (χ0v) is 10.8. The van der Waals surface area contributed by atoms with Gasteiger partial charge in [0, 0.05) is 13.1 Å². The van der Waals surface area contributed by atoms with Gasteiger partial charge in [0.2, 0.25) is 0 Å². The van der Waals surface area contributed by atoms with E-state index in [1.165, 1.54) is 12.1 Å². The van der Waals surface area contributed by atoms with Gasteiger partial charge in [-0.15, -0.1) is 0 Å². The fraction of sp³-hybridized carbons (Fsp3) is 0.417. The molecule has 1 aliphatic heterocycles. The first-order chi connectivity index (χ1) is 8.59. The molecule has 2 amide bonds. The molecule has 0 aromatic heterocycles. The fourth-order valence-electron chi connectivity index (χ4n) is 1.94.